The van der Waals surface area contributed by atoms with Crippen molar-refractivity contribution < 1.29 is 0 Å². The van der Waals surface area contributed by atoms with E-state index in [9.17, 15) is 0 Å². The van der Waals surface area contributed by atoms with E-state index in [0.717, 1.165) is 0 Å². The Hall–Kier alpha value is -1.20. The Labute approximate surface area is 163 Å². The maximum Gasteiger partial charge on any atom is 0.0503 e. The summed E-state index contributed by atoms with van der Waals surface area (Å²) in [7, 11) is 11.8. The van der Waals surface area contributed by atoms with Gasteiger partial charge in [0.15, 0.2) is 0 Å². The smallest absolute Gasteiger partial charge is 0.0503 e. The van der Waals surface area contributed by atoms with Gasteiger partial charge in [-0.25, -0.2) is 0 Å². The van der Waals surface area contributed by atoms with Gasteiger partial charge in [0.1, 0.15) is 0 Å². The van der Waals surface area contributed by atoms with Crippen molar-refractivity contribution in [3.63, 3.8) is 0 Å². The Kier molecular flexibility index (Phi) is 15.5. The summed E-state index contributed by atoms with van der Waals surface area (Å²) in [6.45, 7) is 0. The number of terminal acetylenes is 1. The quantitative estimate of drug-likeness (QED) is 0.481. The first-order chi connectivity index (χ1) is 12.1. The van der Waals surface area contributed by atoms with Crippen molar-refractivity contribution >= 4 is 51.6 Å². The molecule has 0 saturated carbocycles. The molecule has 6 atom stereocenters. The Morgan fingerprint density at radius 3 is 1.52 bits per heavy atom. The van der Waals surface area contributed by atoms with Crippen molar-refractivity contribution in [1.29, 1.82) is 0 Å². The summed E-state index contributed by atoms with van der Waals surface area (Å²) in [5.41, 5.74) is 0. The van der Waals surface area contributed by atoms with Gasteiger partial charge < -0.3 is 0 Å². The minimum absolute atomic E-state index is 0.0616. The predicted molar refractivity (Wildman–Crippen MR) is 129 cm³/mol. The van der Waals surface area contributed by atoms with Crippen LogP contribution in [0.4, 0.5) is 0 Å². The van der Waals surface area contributed by atoms with Gasteiger partial charge in [-0.15, -0.1) is 42.4 Å². The molecule has 25 heavy (non-hydrogen) atoms. The molecule has 0 nitrogen and oxygen atoms in total. The minimum atomic E-state index is -0.264. The number of rotatable bonds is 3. The van der Waals surface area contributed by atoms with Crippen molar-refractivity contribution in [2.24, 2.45) is 0 Å². The summed E-state index contributed by atoms with van der Waals surface area (Å²) in [6, 6.07) is 0. The molecule has 0 fully saturated rings. The molecule has 0 aliphatic carbocycles. The second-order valence-corrected chi connectivity index (χ2v) is 14.7. The van der Waals surface area contributed by atoms with Crippen molar-refractivity contribution in [2.45, 2.75) is 4.64 Å². The SMILES string of the molecule is C#CC#CC#CC#CC#CC#CC#CC#CC=CC(P)(PP)P(P)P. The van der Waals surface area contributed by atoms with E-state index >= 15 is 0 Å². The Morgan fingerprint density at radius 2 is 1.16 bits per heavy atom. The molecular weight excluding hydrogens is 414 g/mol. The number of hydrogen-bond donors (Lipinski definition) is 0. The first-order valence-electron chi connectivity index (χ1n) is 6.27. The summed E-state index contributed by atoms with van der Waals surface area (Å²) in [4.78, 5) is 0. The molecule has 0 saturated heterocycles. The van der Waals surface area contributed by atoms with E-state index in [2.05, 4.69) is 131 Å². The second-order valence-electron chi connectivity index (χ2n) is 3.62. The molecule has 0 aromatic carbocycles. The van der Waals surface area contributed by atoms with E-state index in [1.54, 1.807) is 0 Å². The fourth-order valence-electron chi connectivity index (χ4n) is 0.835. The summed E-state index contributed by atoms with van der Waals surface area (Å²) < 4.78 is 0.0616. The van der Waals surface area contributed by atoms with Gasteiger partial charge in [-0.1, -0.05) is 20.3 Å². The van der Waals surface area contributed by atoms with E-state index < -0.39 is 0 Å². The van der Waals surface area contributed by atoms with Crippen LogP contribution in [-0.4, -0.2) is 4.64 Å². The molecular formula is C19H12P6. The van der Waals surface area contributed by atoms with Gasteiger partial charge in [0.2, 0.25) is 0 Å². The van der Waals surface area contributed by atoms with Gasteiger partial charge in [0.05, 0.1) is 4.64 Å². The third-order valence-corrected chi connectivity index (χ3v) is 15.4. The second kappa shape index (κ2) is 16.3. The van der Waals surface area contributed by atoms with E-state index in [1.165, 1.54) is 0 Å². The fourth-order valence-corrected chi connectivity index (χ4v) is 8.13. The van der Waals surface area contributed by atoms with Gasteiger partial charge in [0, 0.05) is 0 Å². The highest BCUT2D eigenvalue weighted by Gasteiger charge is 2.23. The minimum Gasteiger partial charge on any atom is -0.117 e. The largest absolute Gasteiger partial charge is 0.117 e. The Balaban J connectivity index is 4.54. The highest BCUT2D eigenvalue weighted by atomic mass is 32.4. The third kappa shape index (κ3) is 13.7. The van der Waals surface area contributed by atoms with Crippen LogP contribution in [0, 0.1) is 95.2 Å². The predicted octanol–water partition coefficient (Wildman–Crippen LogP) is 3.26. The molecule has 0 rings (SSSR count). The summed E-state index contributed by atoms with van der Waals surface area (Å²) >= 11 is 0. The third-order valence-electron chi connectivity index (χ3n) is 1.97. The maximum absolute atomic E-state index is 4.93. The van der Waals surface area contributed by atoms with Crippen LogP contribution < -0.4 is 0 Å². The normalized spacial score (nSPS) is 10.1. The highest BCUT2D eigenvalue weighted by Crippen LogP contribution is 2.74. The van der Waals surface area contributed by atoms with E-state index in [0.29, 0.717) is 8.27 Å². The molecule has 0 aliphatic rings. The first-order valence-corrected chi connectivity index (χ1v) is 14.2. The van der Waals surface area contributed by atoms with Crippen LogP contribution in [0.2, 0.25) is 0 Å². The molecule has 6 heteroatoms. The zero-order valence-corrected chi connectivity index (χ0v) is 19.5. The molecule has 0 bridgehead atoms. The summed E-state index contributed by atoms with van der Waals surface area (Å²) in [5, 5.41) is 0. The van der Waals surface area contributed by atoms with Crippen LogP contribution in [0.5, 0.6) is 0 Å². The molecule has 0 amide bonds. The highest BCUT2D eigenvalue weighted by molar-refractivity contribution is 8.47. The topological polar surface area (TPSA) is 0 Å². The molecule has 118 valence electrons. The standard InChI is InChI=1S/C19H12P6/c1-2-3-4-5-6-7-8-9-10-11-12-13-14-15-16-17-18-19(20,24-21)25(22)23/h1,17-18,24H,20-23H2. The van der Waals surface area contributed by atoms with Crippen molar-refractivity contribution in [3.8, 4) is 95.2 Å². The number of hydrogen-bond acceptors (Lipinski definition) is 0. The zero-order chi connectivity index (χ0) is 18.8. The van der Waals surface area contributed by atoms with Crippen LogP contribution in [0.15, 0.2) is 12.2 Å². The molecule has 0 heterocycles. The molecule has 0 aromatic heterocycles. The molecule has 0 N–H and O–H groups in total. The lowest BCUT2D eigenvalue weighted by Gasteiger charge is -2.27. The Bertz CT molecular complexity index is 978. The van der Waals surface area contributed by atoms with Crippen LogP contribution in [-0.2, 0) is 0 Å². The lowest BCUT2D eigenvalue weighted by Crippen LogP contribution is -1.98. The van der Waals surface area contributed by atoms with Crippen molar-refractivity contribution in [2.75, 3.05) is 0 Å². The van der Waals surface area contributed by atoms with Crippen LogP contribution in [0.3, 0.4) is 0 Å². The Morgan fingerprint density at radius 1 is 0.760 bits per heavy atom. The lowest BCUT2D eigenvalue weighted by atomic mass is 10.4. The summed E-state index contributed by atoms with van der Waals surface area (Å²) in [5.74, 6) is 37.9. The molecule has 0 aromatic rings. The van der Waals surface area contributed by atoms with Gasteiger partial charge in [-0.05, 0) is 96.3 Å². The monoisotopic (exact) mass is 426 g/mol. The van der Waals surface area contributed by atoms with Gasteiger partial charge in [-0.2, -0.15) is 0 Å². The fraction of sp³-hybridized carbons (Fsp3) is 0.0526. The zero-order valence-electron chi connectivity index (χ0n) is 13.0. The van der Waals surface area contributed by atoms with Crippen LogP contribution in [0.25, 0.3) is 0 Å². The molecule has 0 radical (unpaired) electrons. The molecule has 0 spiro atoms. The maximum atomic E-state index is 4.93. The van der Waals surface area contributed by atoms with Crippen molar-refractivity contribution in [1.82, 2.24) is 0 Å². The average molecular weight is 426 g/mol. The molecule has 0 aliphatic heterocycles. The van der Waals surface area contributed by atoms with Crippen LogP contribution in [0.1, 0.15) is 0 Å². The van der Waals surface area contributed by atoms with Crippen LogP contribution >= 0.6 is 51.6 Å². The molecule has 6 unspecified atom stereocenters. The van der Waals surface area contributed by atoms with Crippen molar-refractivity contribution in [3.05, 3.63) is 12.2 Å². The number of allylic oxidation sites excluding steroid dienone is 2. The first kappa shape index (κ1) is 23.8. The van der Waals surface area contributed by atoms with E-state index in [4.69, 9.17) is 6.42 Å². The van der Waals surface area contributed by atoms with E-state index in [1.807, 2.05) is 6.08 Å². The van der Waals surface area contributed by atoms with E-state index in [-0.39, 0.29) is 11.9 Å². The van der Waals surface area contributed by atoms with Gasteiger partial charge in [-0.3, -0.25) is 0 Å². The lowest BCUT2D eigenvalue weighted by molar-refractivity contribution is 1.54. The van der Waals surface area contributed by atoms with Gasteiger partial charge in [0.25, 0.3) is 0 Å². The average Bonchev–Trinajstić information content (AvgIpc) is 2.61. The summed E-state index contributed by atoms with van der Waals surface area (Å²) in [6.07, 6.45) is 8.83. The van der Waals surface area contributed by atoms with Gasteiger partial charge >= 0.3 is 0 Å².